The third kappa shape index (κ3) is 7.87. The average Bonchev–Trinajstić information content (AvgIpc) is 3.10. The minimum Gasteiger partial charge on any atom is -0.543 e. The number of nitrogens with one attached hydrogen (secondary N) is 3. The van der Waals surface area contributed by atoms with E-state index in [1.165, 1.54) is 6.07 Å². The number of pyridine rings is 1. The Hall–Kier alpha value is -4.16. The van der Waals surface area contributed by atoms with Crippen LogP contribution in [0.3, 0.4) is 0 Å². The minimum absolute atomic E-state index is 0.0285. The molecule has 12 heteroatoms. The first kappa shape index (κ1) is 34.2. The van der Waals surface area contributed by atoms with Crippen molar-refractivity contribution in [1.82, 2.24) is 14.8 Å². The van der Waals surface area contributed by atoms with Crippen molar-refractivity contribution in [2.45, 2.75) is 78.7 Å². The Morgan fingerprint density at radius 1 is 0.979 bits per heavy atom. The Morgan fingerprint density at radius 3 is 2.34 bits per heavy atom. The highest BCUT2D eigenvalue weighted by Gasteiger charge is 2.39. The summed E-state index contributed by atoms with van der Waals surface area (Å²) in [6.45, 7) is 21.5. The van der Waals surface area contributed by atoms with Gasteiger partial charge in [-0.3, -0.25) is 9.69 Å². The Bertz CT molecular complexity index is 1680. The van der Waals surface area contributed by atoms with E-state index in [2.05, 4.69) is 59.7 Å². The molecule has 3 heterocycles. The van der Waals surface area contributed by atoms with Crippen molar-refractivity contribution in [3.05, 3.63) is 65.1 Å². The van der Waals surface area contributed by atoms with Crippen molar-refractivity contribution >= 4 is 48.9 Å². The van der Waals surface area contributed by atoms with Crippen LogP contribution in [0.5, 0.6) is 5.75 Å². The summed E-state index contributed by atoms with van der Waals surface area (Å²) in [6, 6.07) is 10.7. The maximum atomic E-state index is 15.3. The lowest BCUT2D eigenvalue weighted by Crippen LogP contribution is -2.49. The second kappa shape index (κ2) is 12.8. The van der Waals surface area contributed by atoms with Gasteiger partial charge in [-0.1, -0.05) is 26.8 Å². The van der Waals surface area contributed by atoms with E-state index in [0.717, 1.165) is 5.56 Å². The van der Waals surface area contributed by atoms with Gasteiger partial charge in [0, 0.05) is 45.0 Å². The molecule has 0 bridgehead atoms. The van der Waals surface area contributed by atoms with E-state index in [-0.39, 0.29) is 28.3 Å². The number of aryl methyl sites for hydroxylation is 1. The van der Waals surface area contributed by atoms with Gasteiger partial charge < -0.3 is 30.0 Å². The maximum Gasteiger partial charge on any atom is 0.410 e. The van der Waals surface area contributed by atoms with Crippen molar-refractivity contribution in [2.24, 2.45) is 0 Å². The number of hydrogen-bond acceptors (Lipinski definition) is 8. The van der Waals surface area contributed by atoms with Gasteiger partial charge in [0.25, 0.3) is 5.91 Å². The van der Waals surface area contributed by atoms with Crippen molar-refractivity contribution < 1.29 is 23.1 Å². The first-order valence-corrected chi connectivity index (χ1v) is 19.0. The zero-order valence-electron chi connectivity index (χ0n) is 28.9. The fourth-order valence-electron chi connectivity index (χ4n) is 5.21. The molecule has 47 heavy (non-hydrogen) atoms. The Balaban J connectivity index is 1.31. The monoisotopic (exact) mass is 662 g/mol. The summed E-state index contributed by atoms with van der Waals surface area (Å²) in [5, 5.41) is 9.43. The molecule has 0 unspecified atom stereocenters. The van der Waals surface area contributed by atoms with Crippen LogP contribution < -0.4 is 20.4 Å². The van der Waals surface area contributed by atoms with Crippen LogP contribution in [-0.2, 0) is 11.3 Å². The number of ether oxygens (including phenoxy) is 1. The highest BCUT2D eigenvalue weighted by Crippen LogP contribution is 2.40. The molecule has 0 spiro atoms. The molecule has 0 aliphatic carbocycles. The van der Waals surface area contributed by atoms with E-state index in [4.69, 9.17) is 9.16 Å². The van der Waals surface area contributed by atoms with Crippen LogP contribution in [-0.4, -0.2) is 66.9 Å². The molecule has 3 N–H and O–H groups in total. The summed E-state index contributed by atoms with van der Waals surface area (Å²) in [7, 11) is -2.18. The molecule has 0 saturated carbocycles. The van der Waals surface area contributed by atoms with Gasteiger partial charge in [0.1, 0.15) is 28.5 Å². The van der Waals surface area contributed by atoms with Gasteiger partial charge in [-0.15, -0.1) is 0 Å². The SMILES string of the molecule is Cc1cc(F)c(Nc2ccnc3c2C(=O)Nc2cc(CN4CCN(C(=O)OC(C)(C)C)CC4)ccc2N3)cc1O[Si](C)(C)C(C)(C)C. The molecule has 5 rings (SSSR count). The molecule has 0 radical (unpaired) electrons. The second-order valence-electron chi connectivity index (χ2n) is 14.9. The van der Waals surface area contributed by atoms with E-state index in [1.807, 2.05) is 45.9 Å². The van der Waals surface area contributed by atoms with Crippen LogP contribution in [0.15, 0.2) is 42.6 Å². The van der Waals surface area contributed by atoms with E-state index >= 15 is 4.39 Å². The highest BCUT2D eigenvalue weighted by atomic mass is 28.4. The molecule has 1 aromatic heterocycles. The number of fused-ring (bicyclic) bond motifs is 2. The average molecular weight is 663 g/mol. The van der Waals surface area contributed by atoms with Gasteiger partial charge >= 0.3 is 6.09 Å². The topological polar surface area (TPSA) is 108 Å². The molecule has 1 fully saturated rings. The number of piperazine rings is 1. The number of hydrogen-bond donors (Lipinski definition) is 3. The van der Waals surface area contributed by atoms with Gasteiger partial charge in [0.2, 0.25) is 8.32 Å². The minimum atomic E-state index is -2.18. The molecule has 0 atom stereocenters. The van der Waals surface area contributed by atoms with Crippen LogP contribution in [0.1, 0.15) is 63.0 Å². The summed E-state index contributed by atoms with van der Waals surface area (Å²) in [6.07, 6.45) is 1.29. The number of anilines is 5. The predicted molar refractivity (Wildman–Crippen MR) is 187 cm³/mol. The molecule has 2 aliphatic heterocycles. The van der Waals surface area contributed by atoms with E-state index in [1.54, 1.807) is 23.2 Å². The number of rotatable bonds is 6. The first-order chi connectivity index (χ1) is 21.9. The smallest absolute Gasteiger partial charge is 0.410 e. The molecule has 2 aliphatic rings. The van der Waals surface area contributed by atoms with Crippen molar-refractivity contribution in [2.75, 3.05) is 42.1 Å². The first-order valence-electron chi connectivity index (χ1n) is 16.1. The van der Waals surface area contributed by atoms with E-state index in [9.17, 15) is 9.59 Å². The Kier molecular flexibility index (Phi) is 9.31. The summed E-state index contributed by atoms with van der Waals surface area (Å²) < 4.78 is 27.3. The van der Waals surface area contributed by atoms with Crippen LogP contribution in [0.25, 0.3) is 0 Å². The lowest BCUT2D eigenvalue weighted by Gasteiger charge is -2.37. The van der Waals surface area contributed by atoms with Crippen molar-refractivity contribution in [1.29, 1.82) is 0 Å². The summed E-state index contributed by atoms with van der Waals surface area (Å²) in [4.78, 5) is 34.6. The highest BCUT2D eigenvalue weighted by molar-refractivity contribution is 6.74. The fraction of sp³-hybridized carbons (Fsp3) is 0.457. The van der Waals surface area contributed by atoms with Gasteiger partial charge in [0.05, 0.1) is 22.7 Å². The Labute approximate surface area is 278 Å². The number of nitrogens with zero attached hydrogens (tertiary/aromatic N) is 3. The molecule has 10 nitrogen and oxygen atoms in total. The molecular formula is C35H47FN6O4Si. The van der Waals surface area contributed by atoms with Crippen molar-refractivity contribution in [3.8, 4) is 5.75 Å². The maximum absolute atomic E-state index is 15.3. The van der Waals surface area contributed by atoms with Gasteiger partial charge in [0.15, 0.2) is 0 Å². The van der Waals surface area contributed by atoms with E-state index < -0.39 is 19.7 Å². The zero-order chi connectivity index (χ0) is 34.3. The number of benzene rings is 2. The summed E-state index contributed by atoms with van der Waals surface area (Å²) >= 11 is 0. The third-order valence-electron chi connectivity index (χ3n) is 8.90. The normalized spacial score (nSPS) is 15.5. The van der Waals surface area contributed by atoms with Crippen LogP contribution in [0, 0.1) is 12.7 Å². The quantitative estimate of drug-likeness (QED) is 0.228. The molecular weight excluding hydrogens is 616 g/mol. The lowest BCUT2D eigenvalue weighted by molar-refractivity contribution is 0.0139. The lowest BCUT2D eigenvalue weighted by atomic mass is 10.1. The standard InChI is InChI=1S/C35H47FN6O4Si/c1-22-18-24(36)27(20-29(22)46-47(8,9)35(5,6)7)38-26-12-13-37-31-30(26)32(43)40-28-19-23(10-11-25(28)39-31)21-41-14-16-42(17-15-41)33(44)45-34(2,3)4/h10-13,18-20H,14-17,21H2,1-9H3,(H,40,43)(H2,37,38,39). The second-order valence-corrected chi connectivity index (χ2v) is 19.6. The molecule has 2 amide bonds. The fourth-order valence-corrected chi connectivity index (χ4v) is 6.29. The van der Waals surface area contributed by atoms with Crippen molar-refractivity contribution in [3.63, 3.8) is 0 Å². The number of carbonyl (C=O) groups excluding carboxylic acids is 2. The number of aromatic nitrogens is 1. The predicted octanol–water partition coefficient (Wildman–Crippen LogP) is 8.02. The van der Waals surface area contributed by atoms with Gasteiger partial charge in [-0.2, -0.15) is 0 Å². The summed E-state index contributed by atoms with van der Waals surface area (Å²) in [5.74, 6) is 0.171. The number of amides is 2. The summed E-state index contributed by atoms with van der Waals surface area (Å²) in [5.41, 5.74) is 3.42. The van der Waals surface area contributed by atoms with Gasteiger partial charge in [-0.05, 0) is 81.2 Å². The largest absolute Gasteiger partial charge is 0.543 e. The van der Waals surface area contributed by atoms with Gasteiger partial charge in [-0.25, -0.2) is 14.2 Å². The number of carbonyl (C=O) groups is 2. The number of halogens is 1. The molecule has 1 saturated heterocycles. The van der Waals surface area contributed by atoms with Crippen LogP contribution in [0.4, 0.5) is 37.8 Å². The Morgan fingerprint density at radius 2 is 1.68 bits per heavy atom. The van der Waals surface area contributed by atoms with Crippen LogP contribution >= 0.6 is 0 Å². The zero-order valence-corrected chi connectivity index (χ0v) is 29.9. The molecule has 2 aromatic carbocycles. The molecule has 3 aromatic rings. The molecule has 252 valence electrons. The van der Waals surface area contributed by atoms with E-state index in [0.29, 0.717) is 66.9 Å². The third-order valence-corrected chi connectivity index (χ3v) is 13.2. The van der Waals surface area contributed by atoms with Crippen LogP contribution in [0.2, 0.25) is 18.1 Å².